The molecule has 1 heterocycles. The molecule has 1 N–H and O–H groups in total. The number of ether oxygens (including phenoxy) is 1. The first-order valence-electron chi connectivity index (χ1n) is 11.7. The van der Waals surface area contributed by atoms with Crippen molar-refractivity contribution in [2.75, 3.05) is 12.9 Å². The van der Waals surface area contributed by atoms with Crippen LogP contribution < -0.4 is 10.2 Å². The van der Waals surface area contributed by atoms with Crippen molar-refractivity contribution in [2.45, 2.75) is 12.1 Å². The van der Waals surface area contributed by atoms with Crippen LogP contribution in [0.3, 0.4) is 0 Å². The highest BCUT2D eigenvalue weighted by molar-refractivity contribution is 7.99. The highest BCUT2D eigenvalue weighted by atomic mass is 32.2. The molecule has 1 amide bonds. The first-order valence-corrected chi connectivity index (χ1v) is 12.7. The Bertz CT molecular complexity index is 1560. The summed E-state index contributed by atoms with van der Waals surface area (Å²) in [6, 6.07) is 31.7. The normalized spacial score (nSPS) is 11.5. The van der Waals surface area contributed by atoms with Gasteiger partial charge in [-0.2, -0.15) is 5.10 Å². The number of benzene rings is 4. The fourth-order valence-corrected chi connectivity index (χ4v) is 4.76. The van der Waals surface area contributed by atoms with E-state index in [1.807, 2.05) is 90.4 Å². The first-order chi connectivity index (χ1) is 18.1. The van der Waals surface area contributed by atoms with Crippen LogP contribution >= 0.6 is 11.8 Å². The number of rotatable bonds is 8. The molecule has 0 aliphatic carbocycles. The smallest absolute Gasteiger partial charge is 0.250 e. The number of amides is 1. The molecular weight excluding hydrogens is 482 g/mol. The Morgan fingerprint density at radius 1 is 0.919 bits per heavy atom. The number of nitrogens with zero attached hydrogens (tertiary/aromatic N) is 4. The molecule has 184 valence electrons. The lowest BCUT2D eigenvalue weighted by Gasteiger charge is -2.11. The molecule has 5 rings (SSSR count). The van der Waals surface area contributed by atoms with E-state index in [-0.39, 0.29) is 11.7 Å². The summed E-state index contributed by atoms with van der Waals surface area (Å²) < 4.78 is 7.24. The highest BCUT2D eigenvalue weighted by Gasteiger charge is 2.17. The Balaban J connectivity index is 1.35. The summed E-state index contributed by atoms with van der Waals surface area (Å²) >= 11 is 1.30. The predicted molar refractivity (Wildman–Crippen MR) is 148 cm³/mol. The van der Waals surface area contributed by atoms with Crippen molar-refractivity contribution in [1.82, 2.24) is 20.2 Å². The molecule has 37 heavy (non-hydrogen) atoms. The van der Waals surface area contributed by atoms with E-state index in [0.29, 0.717) is 11.0 Å². The summed E-state index contributed by atoms with van der Waals surface area (Å²) in [5.74, 6) is 1.36. The summed E-state index contributed by atoms with van der Waals surface area (Å²) in [6.45, 7) is 1.89. The van der Waals surface area contributed by atoms with Crippen LogP contribution in [0.25, 0.3) is 27.8 Å². The molecule has 8 heteroatoms. The number of hydrogen-bond acceptors (Lipinski definition) is 6. The van der Waals surface area contributed by atoms with E-state index >= 15 is 0 Å². The van der Waals surface area contributed by atoms with Crippen molar-refractivity contribution in [3.05, 3.63) is 103 Å². The third-order valence-electron chi connectivity index (χ3n) is 5.86. The van der Waals surface area contributed by atoms with Gasteiger partial charge in [0.25, 0.3) is 5.91 Å². The standard InChI is InChI=1S/C29H25N5O2S/c1-20(25-14-8-12-21-9-6-7-13-26(21)25)30-31-27(35)19-37-29-33-32-28(22-10-4-3-5-11-22)34(29)23-15-17-24(36-2)18-16-23/h3-18H,19H2,1-2H3,(H,31,35). The van der Waals surface area contributed by atoms with E-state index < -0.39 is 0 Å². The monoisotopic (exact) mass is 507 g/mol. The van der Waals surface area contributed by atoms with E-state index in [0.717, 1.165) is 39.0 Å². The fourth-order valence-electron chi connectivity index (χ4n) is 4.01. The van der Waals surface area contributed by atoms with Gasteiger partial charge in [0.05, 0.1) is 18.6 Å². The summed E-state index contributed by atoms with van der Waals surface area (Å²) in [5, 5.41) is 16.0. The second-order valence-electron chi connectivity index (χ2n) is 8.25. The van der Waals surface area contributed by atoms with Crippen molar-refractivity contribution >= 4 is 34.2 Å². The molecule has 0 atom stereocenters. The number of fused-ring (bicyclic) bond motifs is 1. The average Bonchev–Trinajstić information content (AvgIpc) is 3.39. The lowest BCUT2D eigenvalue weighted by atomic mass is 10.0. The maximum atomic E-state index is 12.7. The number of hydrogen-bond donors (Lipinski definition) is 1. The number of thioether (sulfide) groups is 1. The van der Waals surface area contributed by atoms with E-state index in [2.05, 4.69) is 38.9 Å². The first kappa shape index (κ1) is 24.3. The molecule has 0 saturated heterocycles. The molecule has 5 aromatic rings. The van der Waals surface area contributed by atoms with Gasteiger partial charge in [-0.25, -0.2) is 5.43 Å². The Morgan fingerprint density at radius 3 is 2.43 bits per heavy atom. The van der Waals surface area contributed by atoms with Crippen LogP contribution in [0.4, 0.5) is 0 Å². The van der Waals surface area contributed by atoms with E-state index in [1.54, 1.807) is 7.11 Å². The minimum Gasteiger partial charge on any atom is -0.497 e. The Hall–Kier alpha value is -4.43. The fraction of sp³-hybridized carbons (Fsp3) is 0.103. The van der Waals surface area contributed by atoms with Crippen molar-refractivity contribution in [1.29, 1.82) is 0 Å². The Kier molecular flexibility index (Phi) is 7.28. The molecule has 0 bridgehead atoms. The topological polar surface area (TPSA) is 81.4 Å². The maximum absolute atomic E-state index is 12.7. The zero-order valence-electron chi connectivity index (χ0n) is 20.5. The van der Waals surface area contributed by atoms with Gasteiger partial charge < -0.3 is 4.74 Å². The van der Waals surface area contributed by atoms with Gasteiger partial charge in [-0.3, -0.25) is 9.36 Å². The molecule has 0 aliphatic heterocycles. The number of carbonyl (C=O) groups excluding carboxylic acids is 1. The SMILES string of the molecule is COc1ccc(-n2c(SCC(=O)NN=C(C)c3cccc4ccccc34)nnc2-c2ccccc2)cc1. The van der Waals surface area contributed by atoms with Gasteiger partial charge in [0.2, 0.25) is 0 Å². The summed E-state index contributed by atoms with van der Waals surface area (Å²) in [7, 11) is 1.63. The lowest BCUT2D eigenvalue weighted by Crippen LogP contribution is -2.21. The lowest BCUT2D eigenvalue weighted by molar-refractivity contribution is -0.118. The second-order valence-corrected chi connectivity index (χ2v) is 9.20. The molecule has 7 nitrogen and oxygen atoms in total. The van der Waals surface area contributed by atoms with Gasteiger partial charge in [-0.15, -0.1) is 10.2 Å². The Labute approximate surface area is 219 Å². The molecule has 1 aromatic heterocycles. The quantitative estimate of drug-likeness (QED) is 0.165. The highest BCUT2D eigenvalue weighted by Crippen LogP contribution is 2.29. The molecule has 0 radical (unpaired) electrons. The van der Waals surface area contributed by atoms with Crippen LogP contribution in [0, 0.1) is 0 Å². The third kappa shape index (κ3) is 5.39. The number of nitrogens with one attached hydrogen (secondary N) is 1. The van der Waals surface area contributed by atoms with E-state index in [9.17, 15) is 4.79 Å². The molecule has 0 saturated carbocycles. The van der Waals surface area contributed by atoms with Crippen molar-refractivity contribution in [2.24, 2.45) is 5.10 Å². The van der Waals surface area contributed by atoms with E-state index in [4.69, 9.17) is 4.74 Å². The molecule has 0 spiro atoms. The van der Waals surface area contributed by atoms with Crippen LogP contribution in [-0.4, -0.2) is 39.2 Å². The maximum Gasteiger partial charge on any atom is 0.250 e. The molecule has 4 aromatic carbocycles. The summed E-state index contributed by atoms with van der Waals surface area (Å²) in [5.41, 5.74) is 6.21. The van der Waals surface area contributed by atoms with Crippen LogP contribution in [0.2, 0.25) is 0 Å². The van der Waals surface area contributed by atoms with Crippen LogP contribution in [0.5, 0.6) is 5.75 Å². The van der Waals surface area contributed by atoms with E-state index in [1.165, 1.54) is 11.8 Å². The number of methoxy groups -OCH3 is 1. The molecule has 0 unspecified atom stereocenters. The van der Waals surface area contributed by atoms with Crippen LogP contribution in [-0.2, 0) is 4.79 Å². The zero-order valence-corrected chi connectivity index (χ0v) is 21.3. The minimum atomic E-state index is -0.227. The minimum absolute atomic E-state index is 0.134. The third-order valence-corrected chi connectivity index (χ3v) is 6.79. The van der Waals surface area contributed by atoms with Gasteiger partial charge >= 0.3 is 0 Å². The van der Waals surface area contributed by atoms with Gasteiger partial charge in [0.1, 0.15) is 5.75 Å². The predicted octanol–water partition coefficient (Wildman–Crippen LogP) is 5.73. The van der Waals surface area contributed by atoms with Crippen LogP contribution in [0.1, 0.15) is 12.5 Å². The van der Waals surface area contributed by atoms with Crippen LogP contribution in [0.15, 0.2) is 107 Å². The largest absolute Gasteiger partial charge is 0.497 e. The van der Waals surface area contributed by atoms with Crippen molar-refractivity contribution in [3.63, 3.8) is 0 Å². The number of aromatic nitrogens is 3. The van der Waals surface area contributed by atoms with Gasteiger partial charge in [-0.05, 0) is 42.0 Å². The second kappa shape index (κ2) is 11.1. The zero-order chi connectivity index (χ0) is 25.6. The van der Waals surface area contributed by atoms with Gasteiger partial charge in [0, 0.05) is 16.8 Å². The molecule has 0 aliphatic rings. The summed E-state index contributed by atoms with van der Waals surface area (Å²) in [4.78, 5) is 12.7. The molecular formula is C29H25N5O2S. The van der Waals surface area contributed by atoms with Gasteiger partial charge in [-0.1, -0.05) is 84.6 Å². The van der Waals surface area contributed by atoms with Crippen molar-refractivity contribution < 1.29 is 9.53 Å². The number of carbonyl (C=O) groups is 1. The average molecular weight is 508 g/mol. The van der Waals surface area contributed by atoms with Crippen molar-refractivity contribution in [3.8, 4) is 22.8 Å². The Morgan fingerprint density at radius 2 is 1.65 bits per heavy atom. The number of hydrazone groups is 1. The summed E-state index contributed by atoms with van der Waals surface area (Å²) in [6.07, 6.45) is 0. The molecule has 0 fully saturated rings. The van der Waals surface area contributed by atoms with Gasteiger partial charge in [0.15, 0.2) is 11.0 Å².